The molecule has 41 heavy (non-hydrogen) atoms. The van der Waals surface area contributed by atoms with E-state index in [1.54, 1.807) is 37.2 Å². The molecule has 0 spiro atoms. The summed E-state index contributed by atoms with van der Waals surface area (Å²) in [5, 5.41) is 20.0. The van der Waals surface area contributed by atoms with Crippen molar-refractivity contribution >= 4 is 11.9 Å². The fraction of sp³-hybridized carbons (Fsp3) is 0. The molecule has 0 aliphatic heterocycles. The molecule has 0 atom stereocenters. The number of halogens is 4. The standard InChI is InChI=1S/2C6H3F2NO2.3C5H5N.Zn/c2*7-3-1-4(8)5(6(10)11)9-2-3;3*1-2-4-6-5-3-1;/h2*1-2H,(H,10,11);3*1-5H;/q;;;;;+2/p-2. The third-order valence-electron chi connectivity index (χ3n) is 3.70. The third kappa shape index (κ3) is 17.3. The molecule has 0 N–H and O–H groups in total. The van der Waals surface area contributed by atoms with Crippen LogP contribution in [0, 0.1) is 23.3 Å². The van der Waals surface area contributed by atoms with Gasteiger partial charge in [0.1, 0.15) is 23.0 Å². The molecule has 5 aromatic heterocycles. The zero-order chi connectivity index (χ0) is 29.6. The second-order valence-corrected chi connectivity index (χ2v) is 6.62. The van der Waals surface area contributed by atoms with Crippen molar-refractivity contribution in [1.82, 2.24) is 24.9 Å². The number of pyridine rings is 5. The van der Waals surface area contributed by atoms with Gasteiger partial charge in [-0.15, -0.1) is 0 Å². The number of carbonyl (C=O) groups is 2. The van der Waals surface area contributed by atoms with Crippen molar-refractivity contribution in [3.63, 3.8) is 0 Å². The Hall–Kier alpha value is -4.97. The maximum atomic E-state index is 12.4. The summed E-state index contributed by atoms with van der Waals surface area (Å²) >= 11 is 0. The monoisotopic (exact) mass is 617 g/mol. The van der Waals surface area contributed by atoms with E-state index in [0.717, 1.165) is 0 Å². The molecule has 0 aliphatic carbocycles. The molecule has 0 saturated heterocycles. The van der Waals surface area contributed by atoms with E-state index in [2.05, 4.69) is 24.9 Å². The van der Waals surface area contributed by atoms with Gasteiger partial charge in [0.05, 0.1) is 24.3 Å². The van der Waals surface area contributed by atoms with Gasteiger partial charge in [-0.25, -0.2) is 27.5 Å². The Morgan fingerprint density at radius 2 is 0.780 bits per heavy atom. The number of aromatic nitrogens is 5. The Morgan fingerprint density at radius 3 is 0.927 bits per heavy atom. The second-order valence-electron chi connectivity index (χ2n) is 6.62. The van der Waals surface area contributed by atoms with Crippen LogP contribution in [0.3, 0.4) is 0 Å². The number of carbonyl (C=O) groups excluding carboxylic acids is 2. The molecule has 0 saturated carbocycles. The van der Waals surface area contributed by atoms with Crippen molar-refractivity contribution < 1.29 is 56.8 Å². The molecule has 0 bridgehead atoms. The van der Waals surface area contributed by atoms with Crippen molar-refractivity contribution in [2.24, 2.45) is 0 Å². The summed E-state index contributed by atoms with van der Waals surface area (Å²) in [5.74, 6) is -7.83. The number of rotatable bonds is 2. The number of hydrogen-bond acceptors (Lipinski definition) is 9. The summed E-state index contributed by atoms with van der Waals surface area (Å²) < 4.78 is 48.9. The van der Waals surface area contributed by atoms with E-state index >= 15 is 0 Å². The minimum atomic E-state index is -1.76. The summed E-state index contributed by atoms with van der Waals surface area (Å²) in [5.41, 5.74) is -1.77. The quantitative estimate of drug-likeness (QED) is 0.215. The Labute approximate surface area is 244 Å². The molecule has 0 aliphatic rings. The Bertz CT molecular complexity index is 1190. The van der Waals surface area contributed by atoms with Crippen LogP contribution in [0.5, 0.6) is 0 Å². The third-order valence-corrected chi connectivity index (χ3v) is 3.70. The summed E-state index contributed by atoms with van der Waals surface area (Å²) in [6.07, 6.45) is 11.7. The molecular formula is C27H19F4N5O4Zn. The fourth-order valence-corrected chi connectivity index (χ4v) is 2.07. The molecule has 9 nitrogen and oxygen atoms in total. The summed E-state index contributed by atoms with van der Waals surface area (Å²) in [6.45, 7) is 0. The summed E-state index contributed by atoms with van der Waals surface area (Å²) in [6, 6.07) is 18.0. The largest absolute Gasteiger partial charge is 2.00 e. The van der Waals surface area contributed by atoms with Gasteiger partial charge >= 0.3 is 19.5 Å². The van der Waals surface area contributed by atoms with Gasteiger partial charge in [-0.2, -0.15) is 0 Å². The van der Waals surface area contributed by atoms with Crippen LogP contribution >= 0.6 is 0 Å². The van der Waals surface area contributed by atoms with Crippen LogP contribution in [0.4, 0.5) is 17.6 Å². The van der Waals surface area contributed by atoms with E-state index in [1.165, 1.54) is 0 Å². The van der Waals surface area contributed by atoms with Crippen molar-refractivity contribution in [1.29, 1.82) is 0 Å². The van der Waals surface area contributed by atoms with Gasteiger partial charge in [0.2, 0.25) is 0 Å². The van der Waals surface area contributed by atoms with Gasteiger partial charge in [0.25, 0.3) is 0 Å². The molecule has 14 heteroatoms. The number of carboxylic acid groups (broad SMARTS) is 2. The number of carboxylic acids is 2. The van der Waals surface area contributed by atoms with E-state index in [1.807, 2.05) is 54.6 Å². The minimum Gasteiger partial charge on any atom is -0.543 e. The molecule has 5 aromatic rings. The van der Waals surface area contributed by atoms with E-state index in [0.29, 0.717) is 24.5 Å². The Balaban J connectivity index is 0.000000499. The van der Waals surface area contributed by atoms with Crippen molar-refractivity contribution in [2.45, 2.75) is 0 Å². The molecule has 0 radical (unpaired) electrons. The van der Waals surface area contributed by atoms with Crippen LogP contribution in [0.2, 0.25) is 0 Å². The normalized spacial score (nSPS) is 8.68. The van der Waals surface area contributed by atoms with Gasteiger partial charge in [0, 0.05) is 49.3 Å². The van der Waals surface area contributed by atoms with Crippen LogP contribution in [0.1, 0.15) is 21.0 Å². The summed E-state index contributed by atoms with van der Waals surface area (Å²) in [4.78, 5) is 37.3. The zero-order valence-electron chi connectivity index (χ0n) is 21.1. The molecule has 0 amide bonds. The van der Waals surface area contributed by atoms with Crippen molar-refractivity contribution in [3.05, 3.63) is 151 Å². The number of nitrogens with zero attached hydrogens (tertiary/aromatic N) is 5. The molecular weight excluding hydrogens is 600 g/mol. The maximum absolute atomic E-state index is 12.4. The summed E-state index contributed by atoms with van der Waals surface area (Å²) in [7, 11) is 0. The molecule has 206 valence electrons. The van der Waals surface area contributed by atoms with Crippen molar-refractivity contribution in [3.8, 4) is 0 Å². The second kappa shape index (κ2) is 21.9. The van der Waals surface area contributed by atoms with E-state index < -0.39 is 46.6 Å². The average molecular weight is 619 g/mol. The average Bonchev–Trinajstić information content (AvgIpc) is 2.97. The van der Waals surface area contributed by atoms with Crippen LogP contribution in [0.25, 0.3) is 0 Å². The molecule has 0 aromatic carbocycles. The first-order chi connectivity index (χ1) is 19.2. The predicted octanol–water partition coefficient (Wildman–Crippen LogP) is 2.69. The van der Waals surface area contributed by atoms with Gasteiger partial charge in [-0.05, 0) is 36.4 Å². The number of aromatic carboxylic acids is 2. The maximum Gasteiger partial charge on any atom is 2.00 e. The van der Waals surface area contributed by atoms with Gasteiger partial charge in [0.15, 0.2) is 11.6 Å². The molecule has 5 rings (SSSR count). The Morgan fingerprint density at radius 1 is 0.512 bits per heavy atom. The Kier molecular flexibility index (Phi) is 19.3. The predicted molar refractivity (Wildman–Crippen MR) is 130 cm³/mol. The molecule has 0 fully saturated rings. The van der Waals surface area contributed by atoms with E-state index in [9.17, 15) is 37.4 Å². The topological polar surface area (TPSA) is 145 Å². The first-order valence-electron chi connectivity index (χ1n) is 10.8. The van der Waals surface area contributed by atoms with Gasteiger partial charge < -0.3 is 19.8 Å². The first kappa shape index (κ1) is 36.0. The molecule has 0 unspecified atom stereocenters. The van der Waals surface area contributed by atoms with Crippen LogP contribution < -0.4 is 10.2 Å². The van der Waals surface area contributed by atoms with Gasteiger partial charge in [-0.3, -0.25) is 15.0 Å². The van der Waals surface area contributed by atoms with Gasteiger partial charge in [-0.1, -0.05) is 18.2 Å². The molecule has 5 heterocycles. The fourth-order valence-electron chi connectivity index (χ4n) is 2.07. The SMILES string of the molecule is O=C([O-])c1ncc(F)cc1F.O=C([O-])c1ncc(F)cc1F.[Zn+2].c1ccncc1.c1ccncc1.c1ccncc1. The van der Waals surface area contributed by atoms with Crippen LogP contribution in [-0.2, 0) is 19.5 Å². The van der Waals surface area contributed by atoms with E-state index in [-0.39, 0.29) is 19.5 Å². The first-order valence-corrected chi connectivity index (χ1v) is 10.8. The van der Waals surface area contributed by atoms with Crippen LogP contribution in [-0.4, -0.2) is 36.9 Å². The van der Waals surface area contributed by atoms with E-state index in [4.69, 9.17) is 0 Å². The minimum absolute atomic E-state index is 0. The smallest absolute Gasteiger partial charge is 0.543 e. The number of hydrogen-bond donors (Lipinski definition) is 0. The zero-order valence-corrected chi connectivity index (χ0v) is 24.0. The van der Waals surface area contributed by atoms with Crippen LogP contribution in [0.15, 0.2) is 116 Å². The van der Waals surface area contributed by atoms with Crippen molar-refractivity contribution in [2.75, 3.05) is 0 Å².